The summed E-state index contributed by atoms with van der Waals surface area (Å²) in [6.07, 6.45) is 2.64. The number of fused-ring (bicyclic) bond motifs is 1. The van der Waals surface area contributed by atoms with Gasteiger partial charge in [-0.1, -0.05) is 31.0 Å². The summed E-state index contributed by atoms with van der Waals surface area (Å²) in [7, 11) is -4.01. The molecule has 0 aromatic heterocycles. The highest BCUT2D eigenvalue weighted by atomic mass is 32.2. The van der Waals surface area contributed by atoms with Gasteiger partial charge in [0.15, 0.2) is 6.61 Å². The Morgan fingerprint density at radius 1 is 1.16 bits per heavy atom. The summed E-state index contributed by atoms with van der Waals surface area (Å²) in [6, 6.07) is 10.8. The lowest BCUT2D eigenvalue weighted by Crippen LogP contribution is -2.61. The minimum absolute atomic E-state index is 0.00306. The number of nitrogens with two attached hydrogens (primary N) is 1. The van der Waals surface area contributed by atoms with E-state index in [-0.39, 0.29) is 16.4 Å². The maximum absolute atomic E-state index is 13.3. The number of carbonyl (C=O) groups is 3. The standard InChI is InChI=1S/C22H23N3O6S/c1-14-8-9-15(32(23,29)30)12-16(14)20(27)31-13-19(26)25-18-7-3-2-6-17(18)24-21(28)22(25)10-4-5-11-22/h2-3,6-9,12H,4-5,10-11,13H2,1H3,(H,24,28)(H2,23,29,30). The van der Waals surface area contributed by atoms with Gasteiger partial charge >= 0.3 is 5.97 Å². The Balaban J connectivity index is 1.60. The third-order valence-electron chi connectivity index (χ3n) is 6.01. The average Bonchev–Trinajstić information content (AvgIpc) is 3.22. The number of ether oxygens (including phenoxy) is 1. The molecule has 2 aromatic carbocycles. The number of sulfonamides is 1. The molecule has 0 bridgehead atoms. The molecule has 32 heavy (non-hydrogen) atoms. The zero-order chi connectivity index (χ0) is 23.1. The highest BCUT2D eigenvalue weighted by molar-refractivity contribution is 7.89. The van der Waals surface area contributed by atoms with Crippen LogP contribution in [0.15, 0.2) is 47.4 Å². The summed E-state index contributed by atoms with van der Waals surface area (Å²) in [6.45, 7) is 1.02. The molecule has 1 aliphatic heterocycles. The topological polar surface area (TPSA) is 136 Å². The van der Waals surface area contributed by atoms with Crippen molar-refractivity contribution >= 4 is 39.2 Å². The summed E-state index contributed by atoms with van der Waals surface area (Å²) in [5, 5.41) is 8.03. The van der Waals surface area contributed by atoms with Crippen molar-refractivity contribution in [3.05, 3.63) is 53.6 Å². The van der Waals surface area contributed by atoms with Crippen LogP contribution in [0.5, 0.6) is 0 Å². The number of anilines is 2. The van der Waals surface area contributed by atoms with Crippen molar-refractivity contribution in [3.8, 4) is 0 Å². The molecule has 0 atom stereocenters. The molecule has 2 aliphatic rings. The maximum atomic E-state index is 13.3. The van der Waals surface area contributed by atoms with Crippen molar-refractivity contribution in [1.29, 1.82) is 0 Å². The number of primary sulfonamides is 1. The molecule has 1 aliphatic carbocycles. The molecule has 9 nitrogen and oxygen atoms in total. The SMILES string of the molecule is Cc1ccc(S(N)(=O)=O)cc1C(=O)OCC(=O)N1c2ccccc2NC(=O)C12CCCC2. The quantitative estimate of drug-likeness (QED) is 0.675. The molecule has 3 N–H and O–H groups in total. The first-order chi connectivity index (χ1) is 15.1. The van der Waals surface area contributed by atoms with E-state index in [4.69, 9.17) is 9.88 Å². The summed E-state index contributed by atoms with van der Waals surface area (Å²) in [4.78, 5) is 40.1. The van der Waals surface area contributed by atoms with Crippen LogP contribution in [0, 0.1) is 6.92 Å². The number of benzene rings is 2. The van der Waals surface area contributed by atoms with Crippen molar-refractivity contribution in [1.82, 2.24) is 0 Å². The smallest absolute Gasteiger partial charge is 0.338 e. The number of para-hydroxylation sites is 2. The lowest BCUT2D eigenvalue weighted by Gasteiger charge is -2.44. The van der Waals surface area contributed by atoms with Gasteiger partial charge in [0, 0.05) is 0 Å². The van der Waals surface area contributed by atoms with Crippen LogP contribution in [-0.4, -0.2) is 38.3 Å². The van der Waals surface area contributed by atoms with E-state index in [0.29, 0.717) is 29.8 Å². The van der Waals surface area contributed by atoms with Crippen LogP contribution >= 0.6 is 0 Å². The van der Waals surface area contributed by atoms with E-state index in [1.165, 1.54) is 17.0 Å². The van der Waals surface area contributed by atoms with E-state index in [2.05, 4.69) is 5.32 Å². The van der Waals surface area contributed by atoms with Gasteiger partial charge in [0.2, 0.25) is 10.0 Å². The molecular formula is C22H23N3O6S. The lowest BCUT2D eigenvalue weighted by molar-refractivity contribution is -0.129. The molecular weight excluding hydrogens is 434 g/mol. The number of amides is 2. The van der Waals surface area contributed by atoms with Crippen LogP contribution in [0.2, 0.25) is 0 Å². The number of nitrogens with one attached hydrogen (secondary N) is 1. The lowest BCUT2D eigenvalue weighted by atomic mass is 9.90. The molecule has 0 radical (unpaired) electrons. The molecule has 168 valence electrons. The molecule has 0 saturated heterocycles. The first kappa shape index (κ1) is 22.0. The molecule has 2 aromatic rings. The van der Waals surface area contributed by atoms with Crippen molar-refractivity contribution in [2.24, 2.45) is 5.14 Å². The number of esters is 1. The third kappa shape index (κ3) is 3.76. The third-order valence-corrected chi connectivity index (χ3v) is 6.92. The first-order valence-electron chi connectivity index (χ1n) is 10.2. The number of aryl methyl sites for hydroxylation is 1. The van der Waals surface area contributed by atoms with Crippen molar-refractivity contribution < 1.29 is 27.5 Å². The molecule has 10 heteroatoms. The highest BCUT2D eigenvalue weighted by Crippen LogP contribution is 2.45. The molecule has 0 unspecified atom stereocenters. The summed E-state index contributed by atoms with van der Waals surface area (Å²) < 4.78 is 28.5. The molecule has 4 rings (SSSR count). The van der Waals surface area contributed by atoms with Gasteiger partial charge in [-0.25, -0.2) is 18.4 Å². The molecule has 2 amide bonds. The van der Waals surface area contributed by atoms with Gasteiger partial charge in [0.25, 0.3) is 11.8 Å². The number of hydrogen-bond acceptors (Lipinski definition) is 6. The minimum Gasteiger partial charge on any atom is -0.452 e. The zero-order valence-corrected chi connectivity index (χ0v) is 18.3. The van der Waals surface area contributed by atoms with Gasteiger partial charge in [0.05, 0.1) is 21.8 Å². The molecule has 1 fully saturated rings. The van der Waals surface area contributed by atoms with Gasteiger partial charge in [0.1, 0.15) is 5.54 Å². The first-order valence-corrected chi connectivity index (χ1v) is 11.7. The Hall–Kier alpha value is -3.24. The van der Waals surface area contributed by atoms with E-state index < -0.39 is 34.0 Å². The number of hydrogen-bond donors (Lipinski definition) is 2. The molecule has 1 spiro atoms. The fraction of sp³-hybridized carbons (Fsp3) is 0.318. The van der Waals surface area contributed by atoms with E-state index >= 15 is 0 Å². The predicted octanol–water partition coefficient (Wildman–Crippen LogP) is 2.10. The van der Waals surface area contributed by atoms with E-state index in [1.54, 1.807) is 31.2 Å². The summed E-state index contributed by atoms with van der Waals surface area (Å²) in [5.74, 6) is -1.62. The predicted molar refractivity (Wildman–Crippen MR) is 117 cm³/mol. The van der Waals surface area contributed by atoms with Crippen molar-refractivity contribution in [3.63, 3.8) is 0 Å². The maximum Gasteiger partial charge on any atom is 0.338 e. The second kappa shape index (κ2) is 8.03. The Morgan fingerprint density at radius 3 is 2.53 bits per heavy atom. The van der Waals surface area contributed by atoms with Gasteiger partial charge in [-0.05, 0) is 49.6 Å². The van der Waals surface area contributed by atoms with Crippen LogP contribution < -0.4 is 15.4 Å². The van der Waals surface area contributed by atoms with Crippen LogP contribution in [-0.2, 0) is 24.3 Å². The fourth-order valence-electron chi connectivity index (χ4n) is 4.40. The number of nitrogens with zero attached hydrogens (tertiary/aromatic N) is 1. The van der Waals surface area contributed by atoms with E-state index in [9.17, 15) is 22.8 Å². The molecule has 1 saturated carbocycles. The summed E-state index contributed by atoms with van der Waals surface area (Å²) in [5.41, 5.74) is 0.539. The van der Waals surface area contributed by atoms with Crippen LogP contribution in [0.4, 0.5) is 11.4 Å². The normalized spacial score (nSPS) is 17.1. The van der Waals surface area contributed by atoms with Crippen molar-refractivity contribution in [2.45, 2.75) is 43.0 Å². The number of rotatable bonds is 4. The molecule has 1 heterocycles. The second-order valence-electron chi connectivity index (χ2n) is 8.04. The highest BCUT2D eigenvalue weighted by Gasteiger charge is 2.52. The monoisotopic (exact) mass is 457 g/mol. The van der Waals surface area contributed by atoms with Gasteiger partial charge in [-0.15, -0.1) is 0 Å². The van der Waals surface area contributed by atoms with E-state index in [1.807, 2.05) is 0 Å². The Bertz CT molecular complexity index is 1220. The van der Waals surface area contributed by atoms with Crippen molar-refractivity contribution in [2.75, 3.05) is 16.8 Å². The Labute approximate surface area is 185 Å². The summed E-state index contributed by atoms with van der Waals surface area (Å²) >= 11 is 0. The van der Waals surface area contributed by atoms with Gasteiger partial charge in [-0.2, -0.15) is 0 Å². The fourth-order valence-corrected chi connectivity index (χ4v) is 4.94. The average molecular weight is 458 g/mol. The number of carbonyl (C=O) groups excluding carboxylic acids is 3. The van der Waals surface area contributed by atoms with Crippen LogP contribution in [0.1, 0.15) is 41.6 Å². The van der Waals surface area contributed by atoms with Crippen LogP contribution in [0.25, 0.3) is 0 Å². The minimum atomic E-state index is -4.01. The largest absolute Gasteiger partial charge is 0.452 e. The van der Waals surface area contributed by atoms with Gasteiger partial charge in [-0.3, -0.25) is 14.5 Å². The zero-order valence-electron chi connectivity index (χ0n) is 17.5. The Kier molecular flexibility index (Phi) is 5.51. The van der Waals surface area contributed by atoms with Gasteiger partial charge < -0.3 is 10.1 Å². The Morgan fingerprint density at radius 2 is 1.84 bits per heavy atom. The second-order valence-corrected chi connectivity index (χ2v) is 9.60. The van der Waals surface area contributed by atoms with E-state index in [0.717, 1.165) is 18.9 Å². The van der Waals surface area contributed by atoms with Crippen LogP contribution in [0.3, 0.4) is 0 Å².